The minimum absolute atomic E-state index is 0.201. The number of benzene rings is 2. The Morgan fingerprint density at radius 3 is 2.72 bits per heavy atom. The van der Waals surface area contributed by atoms with Gasteiger partial charge in [-0.15, -0.1) is 0 Å². The number of fused-ring (bicyclic) bond motifs is 1. The topological polar surface area (TPSA) is 68.2 Å². The Morgan fingerprint density at radius 2 is 1.88 bits per heavy atom. The second kappa shape index (κ2) is 7.70. The lowest BCUT2D eigenvalue weighted by atomic mass is 10.2. The van der Waals surface area contributed by atoms with Crippen molar-refractivity contribution >= 4 is 17.1 Å². The van der Waals surface area contributed by atoms with E-state index >= 15 is 0 Å². The molecule has 0 aliphatic heterocycles. The molecule has 1 aromatic heterocycles. The molecular weight excluding hydrogens is 316 g/mol. The molecular formula is C19H22N4O2. The second-order valence-corrected chi connectivity index (χ2v) is 5.72. The fourth-order valence-electron chi connectivity index (χ4n) is 2.85. The van der Waals surface area contributed by atoms with Gasteiger partial charge in [0.15, 0.2) is 0 Å². The van der Waals surface area contributed by atoms with E-state index < -0.39 is 0 Å². The van der Waals surface area contributed by atoms with Crippen LogP contribution in [0.4, 0.5) is 4.79 Å². The summed E-state index contributed by atoms with van der Waals surface area (Å²) in [5, 5.41) is 5.73. The Kier molecular flexibility index (Phi) is 5.18. The Labute approximate surface area is 146 Å². The zero-order valence-electron chi connectivity index (χ0n) is 14.5. The van der Waals surface area contributed by atoms with Crippen molar-refractivity contribution in [3.63, 3.8) is 0 Å². The number of ether oxygens (including phenoxy) is 1. The molecule has 2 N–H and O–H groups in total. The molecule has 130 valence electrons. The molecule has 0 aliphatic rings. The number of urea groups is 1. The lowest BCUT2D eigenvalue weighted by molar-refractivity contribution is 0.240. The van der Waals surface area contributed by atoms with Crippen LogP contribution in [0.3, 0.4) is 0 Å². The van der Waals surface area contributed by atoms with Gasteiger partial charge in [0.1, 0.15) is 11.6 Å². The molecule has 0 aliphatic carbocycles. The van der Waals surface area contributed by atoms with E-state index in [1.54, 1.807) is 7.11 Å². The van der Waals surface area contributed by atoms with Crippen LogP contribution in [0.5, 0.6) is 5.75 Å². The number of para-hydroxylation sites is 3. The number of amides is 2. The molecule has 3 rings (SSSR count). The fraction of sp³-hybridized carbons (Fsp3) is 0.263. The van der Waals surface area contributed by atoms with Gasteiger partial charge in [0, 0.05) is 25.2 Å². The molecule has 6 nitrogen and oxygen atoms in total. The number of carbonyl (C=O) groups is 1. The molecule has 0 fully saturated rings. The molecule has 0 saturated heterocycles. The zero-order valence-corrected chi connectivity index (χ0v) is 14.5. The highest BCUT2D eigenvalue weighted by atomic mass is 16.5. The average molecular weight is 338 g/mol. The standard InChI is InChI=1S/C19H22N4O2/c1-14-22-16-8-4-5-9-17(16)23(14)12-11-20-19(24)21-13-15-7-3-6-10-18(15)25-2/h3-10H,11-13H2,1-2H3,(H2,20,21,24). The summed E-state index contributed by atoms with van der Waals surface area (Å²) >= 11 is 0. The lowest BCUT2D eigenvalue weighted by Gasteiger charge is -2.11. The third-order valence-electron chi connectivity index (χ3n) is 4.10. The normalized spacial score (nSPS) is 10.6. The Balaban J connectivity index is 1.52. The number of nitrogens with one attached hydrogen (secondary N) is 2. The summed E-state index contributed by atoms with van der Waals surface area (Å²) in [6, 6.07) is 15.4. The van der Waals surface area contributed by atoms with Gasteiger partial charge in [-0.2, -0.15) is 0 Å². The minimum Gasteiger partial charge on any atom is -0.496 e. The largest absolute Gasteiger partial charge is 0.496 e. The molecule has 1 heterocycles. The van der Waals surface area contributed by atoms with Gasteiger partial charge in [0.05, 0.1) is 18.1 Å². The monoisotopic (exact) mass is 338 g/mol. The van der Waals surface area contributed by atoms with Gasteiger partial charge in [-0.25, -0.2) is 9.78 Å². The third-order valence-corrected chi connectivity index (χ3v) is 4.10. The SMILES string of the molecule is COc1ccccc1CNC(=O)NCCn1c(C)nc2ccccc21. The van der Waals surface area contributed by atoms with Crippen LogP contribution in [0.1, 0.15) is 11.4 Å². The molecule has 0 radical (unpaired) electrons. The molecule has 3 aromatic rings. The molecule has 25 heavy (non-hydrogen) atoms. The van der Waals surface area contributed by atoms with Crippen molar-refractivity contribution in [2.75, 3.05) is 13.7 Å². The quantitative estimate of drug-likeness (QED) is 0.726. The van der Waals surface area contributed by atoms with Crippen molar-refractivity contribution in [3.8, 4) is 5.75 Å². The Hall–Kier alpha value is -3.02. The molecule has 0 atom stereocenters. The van der Waals surface area contributed by atoms with Crippen molar-refractivity contribution < 1.29 is 9.53 Å². The van der Waals surface area contributed by atoms with Crippen molar-refractivity contribution in [1.29, 1.82) is 0 Å². The Morgan fingerprint density at radius 1 is 1.12 bits per heavy atom. The van der Waals surface area contributed by atoms with E-state index in [1.165, 1.54) is 0 Å². The second-order valence-electron chi connectivity index (χ2n) is 5.72. The molecule has 0 unspecified atom stereocenters. The fourth-order valence-corrected chi connectivity index (χ4v) is 2.85. The van der Waals surface area contributed by atoms with Crippen LogP contribution >= 0.6 is 0 Å². The number of methoxy groups -OCH3 is 1. The predicted octanol–water partition coefficient (Wildman–Crippen LogP) is 2.85. The number of rotatable bonds is 6. The first-order valence-corrected chi connectivity index (χ1v) is 8.24. The highest BCUT2D eigenvalue weighted by molar-refractivity contribution is 5.76. The van der Waals surface area contributed by atoms with Crippen molar-refractivity contribution in [2.24, 2.45) is 0 Å². The van der Waals surface area contributed by atoms with Crippen molar-refractivity contribution in [2.45, 2.75) is 20.0 Å². The molecule has 0 spiro atoms. The summed E-state index contributed by atoms with van der Waals surface area (Å²) < 4.78 is 7.39. The van der Waals surface area contributed by atoms with Crippen LogP contribution < -0.4 is 15.4 Å². The molecule has 0 bridgehead atoms. The first-order chi connectivity index (χ1) is 12.2. The van der Waals surface area contributed by atoms with Gasteiger partial charge in [-0.3, -0.25) is 0 Å². The third kappa shape index (κ3) is 3.91. The number of aryl methyl sites for hydroxylation is 1. The highest BCUT2D eigenvalue weighted by Crippen LogP contribution is 2.16. The smallest absolute Gasteiger partial charge is 0.315 e. The van der Waals surface area contributed by atoms with Crippen LogP contribution in [0, 0.1) is 6.92 Å². The van der Waals surface area contributed by atoms with Crippen molar-refractivity contribution in [1.82, 2.24) is 20.2 Å². The van der Waals surface area contributed by atoms with Gasteiger partial charge in [-0.1, -0.05) is 30.3 Å². The summed E-state index contributed by atoms with van der Waals surface area (Å²) in [4.78, 5) is 16.5. The summed E-state index contributed by atoms with van der Waals surface area (Å²) in [5.74, 6) is 1.71. The van der Waals surface area contributed by atoms with E-state index in [2.05, 4.69) is 20.2 Å². The molecule has 2 amide bonds. The maximum absolute atomic E-state index is 12.0. The Bertz CT molecular complexity index is 873. The molecule has 0 saturated carbocycles. The first kappa shape index (κ1) is 16.8. The summed E-state index contributed by atoms with van der Waals surface area (Å²) in [6.07, 6.45) is 0. The maximum atomic E-state index is 12.0. The van der Waals surface area contributed by atoms with E-state index in [-0.39, 0.29) is 6.03 Å². The number of hydrogen-bond acceptors (Lipinski definition) is 3. The zero-order chi connectivity index (χ0) is 17.6. The number of aromatic nitrogens is 2. The number of nitrogens with zero attached hydrogens (tertiary/aromatic N) is 2. The van der Waals surface area contributed by atoms with Gasteiger partial charge in [-0.05, 0) is 25.1 Å². The van der Waals surface area contributed by atoms with Crippen LogP contribution in [0.15, 0.2) is 48.5 Å². The van der Waals surface area contributed by atoms with Crippen LogP contribution in [-0.2, 0) is 13.1 Å². The first-order valence-electron chi connectivity index (χ1n) is 8.24. The molecule has 2 aromatic carbocycles. The number of imidazole rings is 1. The van der Waals surface area contributed by atoms with E-state index in [9.17, 15) is 4.79 Å². The van der Waals surface area contributed by atoms with Gasteiger partial charge in [0.25, 0.3) is 0 Å². The number of hydrogen-bond donors (Lipinski definition) is 2. The van der Waals surface area contributed by atoms with Crippen molar-refractivity contribution in [3.05, 3.63) is 59.9 Å². The number of carbonyl (C=O) groups excluding carboxylic acids is 1. The van der Waals surface area contributed by atoms with Gasteiger partial charge in [0.2, 0.25) is 0 Å². The van der Waals surface area contributed by atoms with Gasteiger partial charge >= 0.3 is 6.03 Å². The van der Waals surface area contributed by atoms with Gasteiger partial charge < -0.3 is 19.9 Å². The van der Waals surface area contributed by atoms with Crippen LogP contribution in [0.25, 0.3) is 11.0 Å². The molecule has 6 heteroatoms. The summed E-state index contributed by atoms with van der Waals surface area (Å²) in [5.41, 5.74) is 2.99. The maximum Gasteiger partial charge on any atom is 0.315 e. The predicted molar refractivity (Wildman–Crippen MR) is 97.7 cm³/mol. The van der Waals surface area contributed by atoms with Crippen LogP contribution in [-0.4, -0.2) is 29.2 Å². The summed E-state index contributed by atoms with van der Waals surface area (Å²) in [6.45, 7) is 3.60. The highest BCUT2D eigenvalue weighted by Gasteiger charge is 2.07. The van der Waals surface area contributed by atoms with E-state index in [0.717, 1.165) is 28.2 Å². The average Bonchev–Trinajstić information content (AvgIpc) is 2.96. The van der Waals surface area contributed by atoms with E-state index in [4.69, 9.17) is 4.74 Å². The lowest BCUT2D eigenvalue weighted by Crippen LogP contribution is -2.36. The van der Waals surface area contributed by atoms with E-state index in [0.29, 0.717) is 19.6 Å². The van der Waals surface area contributed by atoms with Crippen LogP contribution in [0.2, 0.25) is 0 Å². The minimum atomic E-state index is -0.201. The summed E-state index contributed by atoms with van der Waals surface area (Å²) in [7, 11) is 1.62. The van der Waals surface area contributed by atoms with E-state index in [1.807, 2.05) is 55.5 Å².